The van der Waals surface area contributed by atoms with Crippen molar-refractivity contribution in [2.45, 2.75) is 28.6 Å². The first-order valence-electron chi connectivity index (χ1n) is 10.8. The standard InChI is InChI=1S/C26H23N5OS2/c1-19(16-17-27)34-23-15-9-8-14-22(23)28-24(32)18-33-26-30-29-25(20-10-4-2-5-11-20)31(26)21-12-6-3-7-13-21/h2-15,19H,16,18H2,1H3,(H,28,32). The number of nitrogens with one attached hydrogen (secondary N) is 1. The van der Waals surface area contributed by atoms with Crippen LogP contribution in [0, 0.1) is 11.3 Å². The molecule has 1 aromatic heterocycles. The Morgan fingerprint density at radius 2 is 1.68 bits per heavy atom. The predicted molar refractivity (Wildman–Crippen MR) is 138 cm³/mol. The number of amides is 1. The molecule has 1 heterocycles. The number of nitriles is 1. The lowest BCUT2D eigenvalue weighted by molar-refractivity contribution is -0.113. The van der Waals surface area contributed by atoms with Crippen molar-refractivity contribution in [1.82, 2.24) is 14.8 Å². The van der Waals surface area contributed by atoms with Crippen molar-refractivity contribution in [3.05, 3.63) is 84.9 Å². The SMILES string of the molecule is CC(CC#N)Sc1ccccc1NC(=O)CSc1nnc(-c2ccccc2)n1-c1ccccc1. The quantitative estimate of drug-likeness (QED) is 0.290. The molecule has 3 aromatic carbocycles. The summed E-state index contributed by atoms with van der Waals surface area (Å²) in [5.74, 6) is 0.782. The van der Waals surface area contributed by atoms with Gasteiger partial charge >= 0.3 is 0 Å². The molecule has 4 aromatic rings. The molecule has 1 unspecified atom stereocenters. The summed E-state index contributed by atoms with van der Waals surface area (Å²) < 4.78 is 1.97. The summed E-state index contributed by atoms with van der Waals surface area (Å²) >= 11 is 2.92. The second-order valence-electron chi connectivity index (χ2n) is 7.47. The summed E-state index contributed by atoms with van der Waals surface area (Å²) in [6, 6.07) is 29.6. The zero-order valence-electron chi connectivity index (χ0n) is 18.6. The first kappa shape index (κ1) is 23.6. The van der Waals surface area contributed by atoms with Crippen molar-refractivity contribution >= 4 is 35.1 Å². The van der Waals surface area contributed by atoms with Crippen LogP contribution in [0.3, 0.4) is 0 Å². The van der Waals surface area contributed by atoms with E-state index in [1.165, 1.54) is 11.8 Å². The molecule has 0 fully saturated rings. The Kier molecular flexibility index (Phi) is 8.02. The van der Waals surface area contributed by atoms with Crippen LogP contribution in [0.4, 0.5) is 5.69 Å². The largest absolute Gasteiger partial charge is 0.324 e. The second-order valence-corrected chi connectivity index (χ2v) is 9.89. The molecule has 0 saturated carbocycles. The van der Waals surface area contributed by atoms with Crippen LogP contribution in [0.5, 0.6) is 0 Å². The topological polar surface area (TPSA) is 83.6 Å². The number of hydrogen-bond donors (Lipinski definition) is 1. The third kappa shape index (κ3) is 5.87. The van der Waals surface area contributed by atoms with Gasteiger partial charge in [0, 0.05) is 27.8 Å². The molecule has 34 heavy (non-hydrogen) atoms. The Labute approximate surface area is 207 Å². The van der Waals surface area contributed by atoms with E-state index in [9.17, 15) is 4.79 Å². The van der Waals surface area contributed by atoms with Crippen LogP contribution >= 0.6 is 23.5 Å². The van der Waals surface area contributed by atoms with Crippen molar-refractivity contribution in [3.8, 4) is 23.1 Å². The minimum atomic E-state index is -0.130. The molecule has 4 rings (SSSR count). The number of rotatable bonds is 9. The van der Waals surface area contributed by atoms with Crippen molar-refractivity contribution in [1.29, 1.82) is 5.26 Å². The maximum absolute atomic E-state index is 12.8. The van der Waals surface area contributed by atoms with Gasteiger partial charge < -0.3 is 5.32 Å². The average Bonchev–Trinajstić information content (AvgIpc) is 3.29. The van der Waals surface area contributed by atoms with Gasteiger partial charge in [0.25, 0.3) is 0 Å². The Bertz CT molecular complexity index is 1290. The van der Waals surface area contributed by atoms with Crippen LogP contribution in [0.2, 0.25) is 0 Å². The van der Waals surface area contributed by atoms with Crippen LogP contribution in [0.1, 0.15) is 13.3 Å². The molecule has 0 aliphatic heterocycles. The molecule has 1 N–H and O–H groups in total. The highest BCUT2D eigenvalue weighted by molar-refractivity contribution is 8.00. The molecule has 6 nitrogen and oxygen atoms in total. The van der Waals surface area contributed by atoms with E-state index in [-0.39, 0.29) is 16.9 Å². The van der Waals surface area contributed by atoms with Crippen molar-refractivity contribution in [2.75, 3.05) is 11.1 Å². The summed E-state index contributed by atoms with van der Waals surface area (Å²) in [6.07, 6.45) is 0.446. The van der Waals surface area contributed by atoms with E-state index in [0.29, 0.717) is 11.6 Å². The normalized spacial score (nSPS) is 11.5. The maximum Gasteiger partial charge on any atom is 0.234 e. The Balaban J connectivity index is 1.51. The summed E-state index contributed by atoms with van der Waals surface area (Å²) in [5.41, 5.74) is 2.63. The number of aromatic nitrogens is 3. The van der Waals surface area contributed by atoms with Gasteiger partial charge in [0.15, 0.2) is 11.0 Å². The van der Waals surface area contributed by atoms with E-state index in [0.717, 1.165) is 27.7 Å². The lowest BCUT2D eigenvalue weighted by Crippen LogP contribution is -2.15. The van der Waals surface area contributed by atoms with Gasteiger partial charge in [0.05, 0.1) is 17.5 Å². The number of carbonyl (C=O) groups excluding carboxylic acids is 1. The molecular weight excluding hydrogens is 462 g/mol. The van der Waals surface area contributed by atoms with Gasteiger partial charge in [0.1, 0.15) is 0 Å². The highest BCUT2D eigenvalue weighted by Gasteiger charge is 2.18. The van der Waals surface area contributed by atoms with Gasteiger partial charge in [-0.25, -0.2) is 0 Å². The molecule has 1 atom stereocenters. The number of benzene rings is 3. The van der Waals surface area contributed by atoms with E-state index in [4.69, 9.17) is 5.26 Å². The van der Waals surface area contributed by atoms with E-state index < -0.39 is 0 Å². The summed E-state index contributed by atoms with van der Waals surface area (Å²) in [5, 5.41) is 21.5. The van der Waals surface area contributed by atoms with Gasteiger partial charge in [-0.2, -0.15) is 5.26 Å². The summed E-state index contributed by atoms with van der Waals surface area (Å²) in [7, 11) is 0. The molecule has 0 aliphatic rings. The Morgan fingerprint density at radius 1 is 1.00 bits per heavy atom. The van der Waals surface area contributed by atoms with Gasteiger partial charge in [-0.15, -0.1) is 22.0 Å². The summed E-state index contributed by atoms with van der Waals surface area (Å²) in [6.45, 7) is 2.00. The number of para-hydroxylation sites is 2. The number of thioether (sulfide) groups is 2. The molecule has 8 heteroatoms. The third-order valence-corrected chi connectivity index (χ3v) is 6.99. The van der Waals surface area contributed by atoms with Crippen molar-refractivity contribution < 1.29 is 4.79 Å². The minimum absolute atomic E-state index is 0.130. The average molecular weight is 486 g/mol. The van der Waals surface area contributed by atoms with E-state index in [1.807, 2.05) is 96.4 Å². The van der Waals surface area contributed by atoms with Gasteiger partial charge in [-0.3, -0.25) is 9.36 Å². The van der Waals surface area contributed by atoms with E-state index in [1.54, 1.807) is 11.8 Å². The molecule has 0 radical (unpaired) electrons. The minimum Gasteiger partial charge on any atom is -0.324 e. The van der Waals surface area contributed by atoms with Crippen LogP contribution in [-0.4, -0.2) is 31.7 Å². The first-order valence-corrected chi connectivity index (χ1v) is 12.6. The zero-order valence-corrected chi connectivity index (χ0v) is 20.2. The number of hydrogen-bond acceptors (Lipinski definition) is 6. The molecular formula is C26H23N5OS2. The highest BCUT2D eigenvalue weighted by atomic mass is 32.2. The predicted octanol–water partition coefficient (Wildman–Crippen LogP) is 6.06. The highest BCUT2D eigenvalue weighted by Crippen LogP contribution is 2.32. The molecule has 0 aliphatic carbocycles. The van der Waals surface area contributed by atoms with Crippen LogP contribution in [0.25, 0.3) is 17.1 Å². The fraction of sp³-hybridized carbons (Fsp3) is 0.154. The first-order chi connectivity index (χ1) is 16.7. The van der Waals surface area contributed by atoms with Crippen LogP contribution in [-0.2, 0) is 4.79 Å². The molecule has 1 amide bonds. The third-order valence-electron chi connectivity index (χ3n) is 4.88. The van der Waals surface area contributed by atoms with Gasteiger partial charge in [0.2, 0.25) is 5.91 Å². The van der Waals surface area contributed by atoms with Crippen molar-refractivity contribution in [3.63, 3.8) is 0 Å². The smallest absolute Gasteiger partial charge is 0.234 e. The van der Waals surface area contributed by atoms with Crippen LogP contribution in [0.15, 0.2) is 95.0 Å². The van der Waals surface area contributed by atoms with Gasteiger partial charge in [-0.1, -0.05) is 79.3 Å². The molecule has 0 bridgehead atoms. The van der Waals surface area contributed by atoms with Crippen LogP contribution < -0.4 is 5.32 Å². The van der Waals surface area contributed by atoms with E-state index in [2.05, 4.69) is 21.6 Å². The zero-order chi connectivity index (χ0) is 23.8. The molecule has 0 spiro atoms. The number of nitrogens with zero attached hydrogens (tertiary/aromatic N) is 4. The number of anilines is 1. The summed E-state index contributed by atoms with van der Waals surface area (Å²) in [4.78, 5) is 13.8. The van der Waals surface area contributed by atoms with Crippen molar-refractivity contribution in [2.24, 2.45) is 0 Å². The fourth-order valence-electron chi connectivity index (χ4n) is 3.32. The lowest BCUT2D eigenvalue weighted by atomic mass is 10.2. The lowest BCUT2D eigenvalue weighted by Gasteiger charge is -2.13. The monoisotopic (exact) mass is 485 g/mol. The number of carbonyl (C=O) groups is 1. The Hall–Kier alpha value is -3.54. The second kappa shape index (κ2) is 11.5. The van der Waals surface area contributed by atoms with E-state index >= 15 is 0 Å². The molecule has 0 saturated heterocycles. The van der Waals surface area contributed by atoms with Gasteiger partial charge in [-0.05, 0) is 24.3 Å². The maximum atomic E-state index is 12.8. The Morgan fingerprint density at radius 3 is 2.41 bits per heavy atom. The molecule has 170 valence electrons. The fourth-order valence-corrected chi connectivity index (χ4v) is 5.07.